The Morgan fingerprint density at radius 1 is 1.26 bits per heavy atom. The summed E-state index contributed by atoms with van der Waals surface area (Å²) in [5, 5.41) is 19.4. The van der Waals surface area contributed by atoms with Gasteiger partial charge in [-0.25, -0.2) is 9.59 Å². The molecule has 0 saturated carbocycles. The fraction of sp³-hybridized carbons (Fsp3) is 0.846. The Labute approximate surface area is 113 Å². The van der Waals surface area contributed by atoms with E-state index in [1.54, 1.807) is 18.7 Å². The number of carbonyl (C=O) groups excluding carboxylic acids is 1. The van der Waals surface area contributed by atoms with E-state index in [2.05, 4.69) is 0 Å². The summed E-state index contributed by atoms with van der Waals surface area (Å²) in [4.78, 5) is 27.1. The van der Waals surface area contributed by atoms with E-state index in [0.29, 0.717) is 32.4 Å². The van der Waals surface area contributed by atoms with Gasteiger partial charge in [-0.3, -0.25) is 0 Å². The number of aliphatic carboxylic acids is 1. The van der Waals surface area contributed by atoms with E-state index < -0.39 is 17.1 Å². The Morgan fingerprint density at radius 3 is 2.42 bits per heavy atom. The number of rotatable bonds is 2. The van der Waals surface area contributed by atoms with Crippen molar-refractivity contribution in [2.24, 2.45) is 0 Å². The number of carbonyl (C=O) groups is 2. The van der Waals surface area contributed by atoms with Crippen molar-refractivity contribution >= 4 is 12.0 Å². The van der Waals surface area contributed by atoms with Gasteiger partial charge in [-0.15, -0.1) is 0 Å². The van der Waals surface area contributed by atoms with Gasteiger partial charge < -0.3 is 20.0 Å². The minimum absolute atomic E-state index is 0.250. The van der Waals surface area contributed by atoms with Crippen molar-refractivity contribution in [1.82, 2.24) is 9.80 Å². The molecule has 2 atom stereocenters. The lowest BCUT2D eigenvalue weighted by molar-refractivity contribution is -0.148. The van der Waals surface area contributed by atoms with E-state index in [4.69, 9.17) is 0 Å². The van der Waals surface area contributed by atoms with Crippen molar-refractivity contribution in [1.29, 1.82) is 0 Å². The highest BCUT2D eigenvalue weighted by molar-refractivity contribution is 5.87. The van der Waals surface area contributed by atoms with Gasteiger partial charge >= 0.3 is 12.0 Å². The molecule has 2 heterocycles. The van der Waals surface area contributed by atoms with E-state index in [1.807, 2.05) is 0 Å². The standard InChI is InChI=1S/C13H22N2O4/c1-3-13(10(16)17)5-4-7-15(13)11(18)14-8-6-12(2,19)9-14/h19H,3-9H2,1-2H3,(H,16,17). The average Bonchev–Trinajstić information content (AvgIpc) is 2.92. The second kappa shape index (κ2) is 4.67. The third-order valence-corrected chi connectivity index (χ3v) is 4.42. The van der Waals surface area contributed by atoms with Crippen molar-refractivity contribution < 1.29 is 19.8 Å². The lowest BCUT2D eigenvalue weighted by Gasteiger charge is -2.36. The molecule has 2 unspecified atom stereocenters. The molecule has 2 N–H and O–H groups in total. The number of carboxylic acid groups (broad SMARTS) is 1. The maximum Gasteiger partial charge on any atom is 0.329 e. The zero-order valence-corrected chi connectivity index (χ0v) is 11.6. The van der Waals surface area contributed by atoms with Gasteiger partial charge in [-0.1, -0.05) is 6.92 Å². The van der Waals surface area contributed by atoms with Crippen molar-refractivity contribution in [3.05, 3.63) is 0 Å². The highest BCUT2D eigenvalue weighted by Crippen LogP contribution is 2.34. The first-order valence-electron chi connectivity index (χ1n) is 6.85. The first-order chi connectivity index (χ1) is 8.82. The molecule has 0 radical (unpaired) electrons. The van der Waals surface area contributed by atoms with Crippen LogP contribution in [0.2, 0.25) is 0 Å². The van der Waals surface area contributed by atoms with Crippen LogP contribution in [0.1, 0.15) is 39.5 Å². The van der Waals surface area contributed by atoms with E-state index in [0.717, 1.165) is 6.42 Å². The van der Waals surface area contributed by atoms with Crippen molar-refractivity contribution in [3.63, 3.8) is 0 Å². The lowest BCUT2D eigenvalue weighted by Crippen LogP contribution is -2.56. The van der Waals surface area contributed by atoms with Gasteiger partial charge in [0.05, 0.1) is 12.1 Å². The third-order valence-electron chi connectivity index (χ3n) is 4.42. The highest BCUT2D eigenvalue weighted by atomic mass is 16.4. The maximum atomic E-state index is 12.5. The van der Waals surface area contributed by atoms with E-state index in [-0.39, 0.29) is 12.6 Å². The summed E-state index contributed by atoms with van der Waals surface area (Å²) in [7, 11) is 0. The normalized spacial score (nSPS) is 34.9. The highest BCUT2D eigenvalue weighted by Gasteiger charge is 2.50. The number of carboxylic acids is 1. The van der Waals surface area contributed by atoms with Crippen LogP contribution in [0, 0.1) is 0 Å². The molecule has 0 aromatic rings. The van der Waals surface area contributed by atoms with Crippen LogP contribution < -0.4 is 0 Å². The second-order valence-electron chi connectivity index (χ2n) is 5.90. The summed E-state index contributed by atoms with van der Waals surface area (Å²) in [6.45, 7) is 4.76. The predicted molar refractivity (Wildman–Crippen MR) is 68.8 cm³/mol. The van der Waals surface area contributed by atoms with Crippen molar-refractivity contribution in [3.8, 4) is 0 Å². The molecular formula is C13H22N2O4. The average molecular weight is 270 g/mol. The zero-order valence-electron chi connectivity index (χ0n) is 11.6. The van der Waals surface area contributed by atoms with Gasteiger partial charge in [0.25, 0.3) is 0 Å². The summed E-state index contributed by atoms with van der Waals surface area (Å²) < 4.78 is 0. The van der Waals surface area contributed by atoms with Crippen LogP contribution in [0.25, 0.3) is 0 Å². The Morgan fingerprint density at radius 2 is 1.95 bits per heavy atom. The molecule has 2 fully saturated rings. The van der Waals surface area contributed by atoms with Crippen LogP contribution in [0.15, 0.2) is 0 Å². The number of likely N-dealkylation sites (tertiary alicyclic amines) is 2. The third kappa shape index (κ3) is 2.29. The van der Waals surface area contributed by atoms with Crippen LogP contribution in [-0.4, -0.2) is 62.8 Å². The number of aliphatic hydroxyl groups is 1. The molecule has 2 saturated heterocycles. The van der Waals surface area contributed by atoms with Gasteiger partial charge in [0, 0.05) is 13.1 Å². The Bertz CT molecular complexity index is 396. The smallest absolute Gasteiger partial charge is 0.329 e. The fourth-order valence-electron chi connectivity index (χ4n) is 3.18. The number of nitrogens with zero attached hydrogens (tertiary/aromatic N) is 2. The van der Waals surface area contributed by atoms with E-state index in [1.165, 1.54) is 4.90 Å². The topological polar surface area (TPSA) is 81.1 Å². The Hall–Kier alpha value is -1.30. The minimum Gasteiger partial charge on any atom is -0.479 e. The number of hydrogen-bond acceptors (Lipinski definition) is 3. The second-order valence-corrected chi connectivity index (χ2v) is 5.90. The summed E-state index contributed by atoms with van der Waals surface area (Å²) in [5.74, 6) is -0.924. The maximum absolute atomic E-state index is 12.5. The molecular weight excluding hydrogens is 248 g/mol. The molecule has 2 aliphatic rings. The van der Waals surface area contributed by atoms with Crippen LogP contribution in [0.3, 0.4) is 0 Å². The fourth-order valence-corrected chi connectivity index (χ4v) is 3.18. The monoisotopic (exact) mass is 270 g/mol. The first-order valence-corrected chi connectivity index (χ1v) is 6.85. The van der Waals surface area contributed by atoms with Crippen LogP contribution in [-0.2, 0) is 4.79 Å². The molecule has 2 aliphatic heterocycles. The van der Waals surface area contributed by atoms with E-state index >= 15 is 0 Å². The van der Waals surface area contributed by atoms with Gasteiger partial charge in [0.1, 0.15) is 5.54 Å². The quantitative estimate of drug-likeness (QED) is 0.781. The molecule has 0 aromatic carbocycles. The number of β-amino-alcohol motifs (C(OH)–C–C–N with tert-alkyl or cyclic N) is 1. The molecule has 19 heavy (non-hydrogen) atoms. The Kier molecular flexibility index (Phi) is 3.47. The summed E-state index contributed by atoms with van der Waals surface area (Å²) in [5.41, 5.74) is -1.92. The SMILES string of the molecule is CCC1(C(=O)O)CCCN1C(=O)N1CCC(C)(O)C1. The van der Waals surface area contributed by atoms with Crippen LogP contribution in [0.5, 0.6) is 0 Å². The number of amides is 2. The number of hydrogen-bond donors (Lipinski definition) is 2. The zero-order chi connectivity index (χ0) is 14.3. The summed E-state index contributed by atoms with van der Waals surface area (Å²) in [6.07, 6.45) is 2.18. The minimum atomic E-state index is -1.06. The van der Waals surface area contributed by atoms with E-state index in [9.17, 15) is 19.8 Å². The van der Waals surface area contributed by atoms with Gasteiger partial charge in [-0.05, 0) is 32.6 Å². The molecule has 2 amide bonds. The van der Waals surface area contributed by atoms with Crippen LogP contribution >= 0.6 is 0 Å². The van der Waals surface area contributed by atoms with Crippen molar-refractivity contribution in [2.45, 2.75) is 50.7 Å². The first kappa shape index (κ1) is 14.1. The summed E-state index contributed by atoms with van der Waals surface area (Å²) >= 11 is 0. The molecule has 6 nitrogen and oxygen atoms in total. The predicted octanol–water partition coefficient (Wildman–Crippen LogP) is 0.892. The summed E-state index contributed by atoms with van der Waals surface area (Å²) in [6, 6.07) is -0.250. The molecule has 6 heteroatoms. The van der Waals surface area contributed by atoms with Gasteiger partial charge in [-0.2, -0.15) is 0 Å². The van der Waals surface area contributed by atoms with Gasteiger partial charge in [0.2, 0.25) is 0 Å². The lowest BCUT2D eigenvalue weighted by atomic mass is 9.93. The molecule has 0 aliphatic carbocycles. The van der Waals surface area contributed by atoms with Gasteiger partial charge in [0.15, 0.2) is 0 Å². The number of urea groups is 1. The molecule has 2 rings (SSSR count). The molecule has 0 spiro atoms. The van der Waals surface area contributed by atoms with Crippen molar-refractivity contribution in [2.75, 3.05) is 19.6 Å². The molecule has 0 aromatic heterocycles. The Balaban J connectivity index is 2.17. The molecule has 0 bridgehead atoms. The molecule has 108 valence electrons. The van der Waals surface area contributed by atoms with Crippen LogP contribution in [0.4, 0.5) is 4.79 Å². The largest absolute Gasteiger partial charge is 0.479 e.